The van der Waals surface area contributed by atoms with Crippen LogP contribution < -0.4 is 5.46 Å². The lowest BCUT2D eigenvalue weighted by molar-refractivity contribution is 0.425. The number of para-hydroxylation sites is 6. The predicted octanol–water partition coefficient (Wildman–Crippen LogP) is 18.1. The maximum atomic E-state index is 9.42. The lowest BCUT2D eigenvalue weighted by Gasteiger charge is -2.10. The second-order valence-electron chi connectivity index (χ2n) is 21.5. The summed E-state index contributed by atoms with van der Waals surface area (Å²) >= 11 is 11.8. The molecule has 418 valence electrons. The van der Waals surface area contributed by atoms with E-state index < -0.39 is 7.12 Å². The molecule has 0 fully saturated rings. The van der Waals surface area contributed by atoms with E-state index in [4.69, 9.17) is 42.0 Å². The average molecular weight is 1180 g/mol. The second kappa shape index (κ2) is 21.6. The van der Waals surface area contributed by atoms with Gasteiger partial charge in [0.25, 0.3) is 0 Å². The Labute approximate surface area is 511 Å². The number of hydrogen-bond acceptors (Lipinski definition) is 8. The van der Waals surface area contributed by atoms with Gasteiger partial charge in [-0.3, -0.25) is 0 Å². The van der Waals surface area contributed by atoms with Gasteiger partial charge in [0.15, 0.2) is 16.3 Å². The van der Waals surface area contributed by atoms with E-state index in [1.807, 2.05) is 42.5 Å². The zero-order valence-corrected chi connectivity index (χ0v) is 48.1. The van der Waals surface area contributed by atoms with Crippen molar-refractivity contribution >= 4 is 145 Å². The van der Waals surface area contributed by atoms with Crippen molar-refractivity contribution in [2.75, 3.05) is 0 Å². The first-order chi connectivity index (χ1) is 43.3. The summed E-state index contributed by atoms with van der Waals surface area (Å²) in [6.45, 7) is 0. The van der Waals surface area contributed by atoms with Crippen LogP contribution in [0.15, 0.2) is 276 Å². The first-order valence-electron chi connectivity index (χ1n) is 28.6. The van der Waals surface area contributed by atoms with Crippen LogP contribution >= 0.6 is 23.2 Å². The zero-order chi connectivity index (χ0) is 59.0. The largest absolute Gasteiger partial charge is 0.488 e. The quantitative estimate of drug-likeness (QED) is 0.124. The van der Waals surface area contributed by atoms with Gasteiger partial charge in [-0.2, -0.15) is 0 Å². The van der Waals surface area contributed by atoms with E-state index in [1.165, 1.54) is 60.7 Å². The van der Waals surface area contributed by atoms with Gasteiger partial charge in [-0.25, -0.2) is 19.9 Å². The second-order valence-corrected chi connectivity index (χ2v) is 22.3. The summed E-state index contributed by atoms with van der Waals surface area (Å²) in [5.74, 6) is 0. The lowest BCUT2D eigenvalue weighted by atomic mass is 9.80. The molecule has 14 heteroatoms. The van der Waals surface area contributed by atoms with Gasteiger partial charge in [0, 0.05) is 70.7 Å². The fourth-order valence-electron chi connectivity index (χ4n) is 12.5. The van der Waals surface area contributed by atoms with Crippen LogP contribution in [0.1, 0.15) is 0 Å². The number of fused-ring (bicyclic) bond motifs is 15. The average Bonchev–Trinajstić information content (AvgIpc) is 2.04. The van der Waals surface area contributed by atoms with Crippen molar-refractivity contribution in [2.24, 2.45) is 0 Å². The van der Waals surface area contributed by atoms with Crippen molar-refractivity contribution in [3.8, 4) is 39.4 Å². The Morgan fingerprint density at radius 1 is 0.330 bits per heavy atom. The van der Waals surface area contributed by atoms with E-state index in [1.54, 1.807) is 30.6 Å². The molecule has 18 rings (SSSR count). The first kappa shape index (κ1) is 52.7. The van der Waals surface area contributed by atoms with E-state index in [0.29, 0.717) is 37.9 Å². The number of nitrogens with zero attached hydrogens (tertiary/aromatic N) is 7. The predicted molar refractivity (Wildman–Crippen MR) is 359 cm³/mol. The molecular formula is C74H46BCl2N7O4. The molecule has 0 aliphatic rings. The van der Waals surface area contributed by atoms with Crippen molar-refractivity contribution < 1.29 is 18.9 Å². The number of rotatable bonds is 6. The van der Waals surface area contributed by atoms with Crippen LogP contribution in [-0.2, 0) is 0 Å². The van der Waals surface area contributed by atoms with Crippen molar-refractivity contribution in [1.82, 2.24) is 33.6 Å². The fourth-order valence-corrected chi connectivity index (χ4v) is 12.9. The molecule has 88 heavy (non-hydrogen) atoms. The third-order valence-electron chi connectivity index (χ3n) is 16.4. The molecule has 0 radical (unpaired) electrons. The van der Waals surface area contributed by atoms with Gasteiger partial charge in [-0.05, 0) is 120 Å². The molecule has 0 aliphatic heterocycles. The van der Waals surface area contributed by atoms with E-state index >= 15 is 0 Å². The minimum absolute atomic E-state index is 0.312. The SMILES string of the molecule is Clc1ccc2oc3c(Cl)ncnc3c2c1.OB(O)c1cccc(-n2c3ccccc3c3ccccc32)c1.c1cc(-c2ccc3oc4c(-c5cccc(-n6c7ccccc7c7ccccc76)c5)ncnc4c3c2)cc(-n2c3ccccc3c3ccccc32)c1. The zero-order valence-electron chi connectivity index (χ0n) is 46.6. The van der Waals surface area contributed by atoms with E-state index in [9.17, 15) is 10.0 Å². The topological polar surface area (TPSA) is 133 Å². The molecule has 0 bridgehead atoms. The number of furan rings is 2. The van der Waals surface area contributed by atoms with E-state index in [0.717, 1.165) is 72.4 Å². The molecule has 0 atom stereocenters. The highest BCUT2D eigenvalue weighted by Gasteiger charge is 2.20. The number of aromatic nitrogens is 7. The van der Waals surface area contributed by atoms with Gasteiger partial charge >= 0.3 is 7.12 Å². The number of benzene rings is 11. The third-order valence-corrected chi connectivity index (χ3v) is 16.9. The maximum absolute atomic E-state index is 9.42. The molecule has 0 saturated carbocycles. The van der Waals surface area contributed by atoms with E-state index in [2.05, 4.69) is 212 Å². The standard InChI is InChI=1S/C46H28N4O.C18H14BNO2.C10H4Cl2N2O/c1-5-19-39-34(15-1)35-16-2-6-20-40(35)49(39)32-13-9-11-29(25-32)30-23-24-43-38(27-30)45-46(51-43)44(47-28-48-45)31-12-10-14-33(26-31)50-41-21-7-3-17-36(41)37-18-4-8-22-42(37)50;21-19(22)13-6-5-7-14(12-13)20-17-10-3-1-8-15(17)16-9-2-4-11-18(16)20;11-5-1-2-7-6(3-5)8-9(15-7)10(12)14-4-13-8/h1-28H;1-12,21-22H;1-4H. The van der Waals surface area contributed by atoms with Crippen molar-refractivity contribution in [1.29, 1.82) is 0 Å². The minimum Gasteiger partial charge on any atom is -0.452 e. The Balaban J connectivity index is 0.000000137. The summed E-state index contributed by atoms with van der Waals surface area (Å²) in [6.07, 6.45) is 3.05. The molecule has 2 N–H and O–H groups in total. The van der Waals surface area contributed by atoms with Crippen LogP contribution in [-0.4, -0.2) is 50.8 Å². The van der Waals surface area contributed by atoms with Gasteiger partial charge in [0.2, 0.25) is 0 Å². The number of halogens is 2. The van der Waals surface area contributed by atoms with Gasteiger partial charge in [0.1, 0.15) is 40.5 Å². The highest BCUT2D eigenvalue weighted by atomic mass is 35.5. The summed E-state index contributed by atoms with van der Waals surface area (Å²) in [5, 5.41) is 28.9. The maximum Gasteiger partial charge on any atom is 0.488 e. The molecule has 0 spiro atoms. The smallest absolute Gasteiger partial charge is 0.452 e. The molecule has 0 aliphatic carbocycles. The summed E-state index contributed by atoms with van der Waals surface area (Å²) in [4.78, 5) is 17.5. The third kappa shape index (κ3) is 8.92. The van der Waals surface area contributed by atoms with Crippen molar-refractivity contribution in [3.05, 3.63) is 278 Å². The summed E-state index contributed by atoms with van der Waals surface area (Å²) in [7, 11) is -1.46. The summed E-state index contributed by atoms with van der Waals surface area (Å²) in [5.41, 5.74) is 18.7. The molecule has 11 nitrogen and oxygen atoms in total. The minimum atomic E-state index is -1.46. The van der Waals surface area contributed by atoms with Gasteiger partial charge in [-0.15, -0.1) is 0 Å². The molecule has 7 aromatic heterocycles. The molecule has 18 aromatic rings. The molecule has 0 unspecified atom stereocenters. The highest BCUT2D eigenvalue weighted by Crippen LogP contribution is 2.40. The molecular weight excluding hydrogens is 1130 g/mol. The Morgan fingerprint density at radius 2 is 0.727 bits per heavy atom. The Morgan fingerprint density at radius 3 is 1.24 bits per heavy atom. The summed E-state index contributed by atoms with van der Waals surface area (Å²) in [6, 6.07) is 87.2. The van der Waals surface area contributed by atoms with Gasteiger partial charge in [-0.1, -0.05) is 175 Å². The van der Waals surface area contributed by atoms with Crippen LogP contribution in [0.2, 0.25) is 10.2 Å². The fraction of sp³-hybridized carbons (Fsp3) is 0. The van der Waals surface area contributed by atoms with Crippen LogP contribution in [0, 0.1) is 0 Å². The normalized spacial score (nSPS) is 11.6. The first-order valence-corrected chi connectivity index (χ1v) is 29.3. The van der Waals surface area contributed by atoms with Gasteiger partial charge < -0.3 is 32.6 Å². The van der Waals surface area contributed by atoms with Crippen LogP contribution in [0.25, 0.3) is 149 Å². The summed E-state index contributed by atoms with van der Waals surface area (Å²) < 4.78 is 18.9. The molecule has 0 amide bonds. The van der Waals surface area contributed by atoms with E-state index in [-0.39, 0.29) is 0 Å². The van der Waals surface area contributed by atoms with Crippen molar-refractivity contribution in [3.63, 3.8) is 0 Å². The van der Waals surface area contributed by atoms with Crippen LogP contribution in [0.3, 0.4) is 0 Å². The monoisotopic (exact) mass is 1180 g/mol. The molecule has 0 saturated heterocycles. The van der Waals surface area contributed by atoms with Crippen LogP contribution in [0.4, 0.5) is 0 Å². The molecule has 11 aromatic carbocycles. The number of hydrogen-bond donors (Lipinski definition) is 2. The Bertz CT molecular complexity index is 5610. The highest BCUT2D eigenvalue weighted by molar-refractivity contribution is 6.58. The van der Waals surface area contributed by atoms with Gasteiger partial charge in [0.05, 0.1) is 33.1 Å². The van der Waals surface area contributed by atoms with Crippen molar-refractivity contribution in [2.45, 2.75) is 0 Å². The Hall–Kier alpha value is -10.9. The molecule has 7 heterocycles. The Kier molecular flexibility index (Phi) is 12.9. The lowest BCUT2D eigenvalue weighted by Crippen LogP contribution is -2.29. The van der Waals surface area contributed by atoms with Crippen LogP contribution in [0.5, 0.6) is 0 Å².